The number of nitro benzene ring substituents is 1. The zero-order chi connectivity index (χ0) is 22.0. The van der Waals surface area contributed by atoms with Crippen molar-refractivity contribution in [2.24, 2.45) is 5.92 Å². The summed E-state index contributed by atoms with van der Waals surface area (Å²) in [6, 6.07) is 15.7. The maximum absolute atomic E-state index is 13.3. The van der Waals surface area contributed by atoms with Gasteiger partial charge in [0.25, 0.3) is 5.69 Å². The van der Waals surface area contributed by atoms with Crippen LogP contribution in [-0.4, -0.2) is 54.0 Å². The molecule has 2 aliphatic heterocycles. The van der Waals surface area contributed by atoms with E-state index >= 15 is 0 Å². The predicted molar refractivity (Wildman–Crippen MR) is 121 cm³/mol. The van der Waals surface area contributed by atoms with Crippen LogP contribution in [0.25, 0.3) is 0 Å². The third kappa shape index (κ3) is 4.56. The van der Waals surface area contributed by atoms with Crippen LogP contribution in [0.3, 0.4) is 0 Å². The molecule has 1 amide bonds. The summed E-state index contributed by atoms with van der Waals surface area (Å²) in [5, 5.41) is 14.4. The number of piperazine rings is 1. The van der Waals surface area contributed by atoms with Gasteiger partial charge < -0.3 is 10.2 Å². The van der Waals surface area contributed by atoms with Crippen LogP contribution in [0.4, 0.5) is 11.4 Å². The second-order valence-corrected chi connectivity index (χ2v) is 8.76. The van der Waals surface area contributed by atoms with Crippen LogP contribution in [0, 0.1) is 16.0 Å². The number of hydrogen-bond donors (Lipinski definition) is 1. The number of carbonyl (C=O) groups excluding carboxylic acids is 1. The lowest BCUT2D eigenvalue weighted by atomic mass is 9.83. The number of benzene rings is 2. The summed E-state index contributed by atoms with van der Waals surface area (Å²) in [5.74, 6) is -0.194. The van der Waals surface area contributed by atoms with Crippen LogP contribution in [0.5, 0.6) is 0 Å². The normalized spacial score (nSPS) is 20.8. The maximum Gasteiger partial charge on any atom is 0.269 e. The van der Waals surface area contributed by atoms with Crippen molar-refractivity contribution in [3.63, 3.8) is 0 Å². The molecule has 1 fully saturated rings. The Bertz CT molecular complexity index is 947. The zero-order valence-electron chi connectivity index (χ0n) is 18.2. The molecule has 2 aliphatic rings. The number of anilines is 1. The van der Waals surface area contributed by atoms with E-state index in [1.165, 1.54) is 5.56 Å². The molecule has 7 nitrogen and oxygen atoms in total. The van der Waals surface area contributed by atoms with Gasteiger partial charge in [-0.15, -0.1) is 0 Å². The lowest BCUT2D eigenvalue weighted by molar-refractivity contribution is -0.384. The fourth-order valence-corrected chi connectivity index (χ4v) is 4.82. The molecule has 2 atom stereocenters. The van der Waals surface area contributed by atoms with Crippen LogP contribution in [0.2, 0.25) is 0 Å². The van der Waals surface area contributed by atoms with Crippen LogP contribution in [0.15, 0.2) is 48.5 Å². The first kappa shape index (κ1) is 21.3. The van der Waals surface area contributed by atoms with Gasteiger partial charge in [-0.2, -0.15) is 0 Å². The summed E-state index contributed by atoms with van der Waals surface area (Å²) >= 11 is 0. The van der Waals surface area contributed by atoms with Crippen LogP contribution < -0.4 is 10.2 Å². The molecule has 2 aromatic rings. The molecule has 0 unspecified atom stereocenters. The molecule has 2 aromatic carbocycles. The number of nitrogens with zero attached hydrogens (tertiary/aromatic N) is 3. The first-order valence-electron chi connectivity index (χ1n) is 11.0. The highest BCUT2D eigenvalue weighted by Crippen LogP contribution is 2.38. The molecule has 0 bridgehead atoms. The van der Waals surface area contributed by atoms with E-state index in [4.69, 9.17) is 0 Å². The molecule has 0 saturated carbocycles. The quantitative estimate of drug-likeness (QED) is 0.572. The van der Waals surface area contributed by atoms with E-state index in [-0.39, 0.29) is 28.5 Å². The van der Waals surface area contributed by atoms with Crippen molar-refractivity contribution < 1.29 is 9.72 Å². The van der Waals surface area contributed by atoms with Gasteiger partial charge in [0.1, 0.15) is 0 Å². The Kier molecular flexibility index (Phi) is 6.23. The lowest BCUT2D eigenvalue weighted by Gasteiger charge is -2.50. The van der Waals surface area contributed by atoms with Crippen molar-refractivity contribution in [3.05, 3.63) is 69.8 Å². The molecule has 2 heterocycles. The molecular formula is C24H30N4O3. The summed E-state index contributed by atoms with van der Waals surface area (Å²) in [6.45, 7) is 7.52. The number of non-ortho nitro benzene ring substituents is 1. The molecule has 1 N–H and O–H groups in total. The highest BCUT2D eigenvalue weighted by Gasteiger charge is 2.42. The summed E-state index contributed by atoms with van der Waals surface area (Å²) < 4.78 is 0. The number of hydrogen-bond acceptors (Lipinski definition) is 5. The van der Waals surface area contributed by atoms with Crippen molar-refractivity contribution in [3.8, 4) is 0 Å². The molecular weight excluding hydrogens is 392 g/mol. The minimum Gasteiger partial charge on any atom is -0.365 e. The van der Waals surface area contributed by atoms with Crippen LogP contribution >= 0.6 is 0 Å². The average molecular weight is 423 g/mol. The van der Waals surface area contributed by atoms with Gasteiger partial charge in [-0.1, -0.05) is 30.3 Å². The van der Waals surface area contributed by atoms with Crippen molar-refractivity contribution in [2.75, 3.05) is 31.1 Å². The SMILES string of the molecule is CC(C)N1CCN2c3ccc([N+](=O)[O-])cc3C[C@H](C(=O)NCCc3ccccc3)[C@@H]2C1. The minimum atomic E-state index is -0.363. The van der Waals surface area contributed by atoms with E-state index < -0.39 is 0 Å². The number of rotatable bonds is 6. The number of fused-ring (bicyclic) bond motifs is 3. The fraction of sp³-hybridized carbons (Fsp3) is 0.458. The summed E-state index contributed by atoms with van der Waals surface area (Å²) in [5.41, 5.74) is 3.21. The Morgan fingerprint density at radius 3 is 2.68 bits per heavy atom. The highest BCUT2D eigenvalue weighted by molar-refractivity contribution is 5.82. The lowest BCUT2D eigenvalue weighted by Crippen LogP contribution is -2.62. The first-order valence-corrected chi connectivity index (χ1v) is 11.0. The maximum atomic E-state index is 13.3. The predicted octanol–water partition coefficient (Wildman–Crippen LogP) is 3.03. The van der Waals surface area contributed by atoms with E-state index in [1.54, 1.807) is 12.1 Å². The second-order valence-electron chi connectivity index (χ2n) is 8.76. The molecule has 0 aromatic heterocycles. The summed E-state index contributed by atoms with van der Waals surface area (Å²) in [7, 11) is 0. The van der Waals surface area contributed by atoms with Crippen molar-refractivity contribution in [1.82, 2.24) is 10.2 Å². The van der Waals surface area contributed by atoms with Gasteiger partial charge in [-0.25, -0.2) is 0 Å². The third-order valence-corrected chi connectivity index (χ3v) is 6.56. The summed E-state index contributed by atoms with van der Waals surface area (Å²) in [6.07, 6.45) is 1.31. The van der Waals surface area contributed by atoms with Gasteiger partial charge in [0.05, 0.1) is 16.9 Å². The molecule has 164 valence electrons. The van der Waals surface area contributed by atoms with Crippen molar-refractivity contribution >= 4 is 17.3 Å². The topological polar surface area (TPSA) is 78.7 Å². The van der Waals surface area contributed by atoms with Gasteiger partial charge >= 0.3 is 0 Å². The van der Waals surface area contributed by atoms with E-state index in [2.05, 4.69) is 41.1 Å². The monoisotopic (exact) mass is 422 g/mol. The molecule has 1 saturated heterocycles. The van der Waals surface area contributed by atoms with Crippen molar-refractivity contribution in [2.45, 2.75) is 38.8 Å². The minimum absolute atomic E-state index is 0.0358. The largest absolute Gasteiger partial charge is 0.365 e. The van der Waals surface area contributed by atoms with Gasteiger partial charge in [0, 0.05) is 50.0 Å². The van der Waals surface area contributed by atoms with E-state index in [0.29, 0.717) is 19.0 Å². The molecule has 31 heavy (non-hydrogen) atoms. The zero-order valence-corrected chi connectivity index (χ0v) is 18.2. The Balaban J connectivity index is 1.54. The smallest absolute Gasteiger partial charge is 0.269 e. The number of carbonyl (C=O) groups is 1. The van der Waals surface area contributed by atoms with Crippen LogP contribution in [-0.2, 0) is 17.6 Å². The van der Waals surface area contributed by atoms with Crippen LogP contribution in [0.1, 0.15) is 25.0 Å². The molecule has 4 rings (SSSR count). The molecule has 0 radical (unpaired) electrons. The van der Waals surface area contributed by atoms with Gasteiger partial charge in [-0.3, -0.25) is 19.8 Å². The van der Waals surface area contributed by atoms with E-state index in [9.17, 15) is 14.9 Å². The van der Waals surface area contributed by atoms with Crippen molar-refractivity contribution in [1.29, 1.82) is 0 Å². The van der Waals surface area contributed by atoms with E-state index in [0.717, 1.165) is 37.3 Å². The van der Waals surface area contributed by atoms with E-state index in [1.807, 2.05) is 24.3 Å². The third-order valence-electron chi connectivity index (χ3n) is 6.56. The molecule has 0 aliphatic carbocycles. The standard InChI is InChI=1S/C24H30N4O3/c1-17(2)26-12-13-27-22-9-8-20(28(30)31)14-19(22)15-21(23(27)16-26)24(29)25-11-10-18-6-4-3-5-7-18/h3-9,14,17,21,23H,10-13,15-16H2,1-2H3,(H,25,29)/t21-,23-/m0/s1. The Labute approximate surface area is 183 Å². The molecule has 0 spiro atoms. The number of amides is 1. The molecule has 7 heteroatoms. The Hall–Kier alpha value is -2.93. The van der Waals surface area contributed by atoms with Gasteiger partial charge in [0.15, 0.2) is 0 Å². The fourth-order valence-electron chi connectivity index (χ4n) is 4.82. The first-order chi connectivity index (χ1) is 14.9. The Morgan fingerprint density at radius 1 is 1.19 bits per heavy atom. The Morgan fingerprint density at radius 2 is 1.97 bits per heavy atom. The number of nitro groups is 1. The number of nitrogens with one attached hydrogen (secondary N) is 1. The highest BCUT2D eigenvalue weighted by atomic mass is 16.6. The average Bonchev–Trinajstić information content (AvgIpc) is 2.78. The summed E-state index contributed by atoms with van der Waals surface area (Å²) in [4.78, 5) is 28.9. The second kappa shape index (κ2) is 9.06. The van der Waals surface area contributed by atoms with Gasteiger partial charge in [-0.05, 0) is 43.9 Å². The van der Waals surface area contributed by atoms with Gasteiger partial charge in [0.2, 0.25) is 5.91 Å².